The monoisotopic (exact) mass is 562 g/mol. The SMILES string of the molecule is COc1cc2ncnc(Nc3ccc(F)c(Cl)c3)c2cc1-n1ncc(C(=O)NCc2ccc(C(=O)NO)cc2)n1. The number of nitrogens with zero attached hydrogens (tertiary/aromatic N) is 5. The summed E-state index contributed by atoms with van der Waals surface area (Å²) in [7, 11) is 1.48. The van der Waals surface area contributed by atoms with E-state index < -0.39 is 17.6 Å². The van der Waals surface area contributed by atoms with Crippen LogP contribution in [0.2, 0.25) is 5.02 Å². The Labute approximate surface area is 230 Å². The number of methoxy groups -OCH3 is 1. The van der Waals surface area contributed by atoms with Gasteiger partial charge >= 0.3 is 0 Å². The Morgan fingerprint density at radius 2 is 1.88 bits per heavy atom. The molecule has 0 atom stereocenters. The number of fused-ring (bicyclic) bond motifs is 1. The summed E-state index contributed by atoms with van der Waals surface area (Å²) in [5, 5.41) is 23.6. The molecule has 4 N–H and O–H groups in total. The van der Waals surface area contributed by atoms with Crippen molar-refractivity contribution in [3.63, 3.8) is 0 Å². The number of carbonyl (C=O) groups excluding carboxylic acids is 2. The van der Waals surface area contributed by atoms with Gasteiger partial charge in [-0.1, -0.05) is 23.7 Å². The van der Waals surface area contributed by atoms with E-state index in [0.717, 1.165) is 5.56 Å². The maximum atomic E-state index is 13.6. The molecule has 0 spiro atoms. The molecule has 2 amide bonds. The molecule has 0 aliphatic rings. The van der Waals surface area contributed by atoms with Crippen molar-refractivity contribution in [1.82, 2.24) is 35.8 Å². The van der Waals surface area contributed by atoms with Gasteiger partial charge in [-0.2, -0.15) is 5.10 Å². The Morgan fingerprint density at radius 3 is 2.60 bits per heavy atom. The average Bonchev–Trinajstić information content (AvgIpc) is 3.47. The first-order valence-corrected chi connectivity index (χ1v) is 12.0. The van der Waals surface area contributed by atoms with E-state index in [-0.39, 0.29) is 22.8 Å². The lowest BCUT2D eigenvalue weighted by Crippen LogP contribution is -2.23. The zero-order valence-corrected chi connectivity index (χ0v) is 21.5. The Morgan fingerprint density at radius 1 is 1.07 bits per heavy atom. The summed E-state index contributed by atoms with van der Waals surface area (Å²) >= 11 is 5.91. The van der Waals surface area contributed by atoms with Crippen molar-refractivity contribution in [3.05, 3.63) is 94.8 Å². The van der Waals surface area contributed by atoms with E-state index in [1.165, 1.54) is 54.8 Å². The maximum Gasteiger partial charge on any atom is 0.274 e. The van der Waals surface area contributed by atoms with Gasteiger partial charge in [-0.15, -0.1) is 9.90 Å². The van der Waals surface area contributed by atoms with Gasteiger partial charge < -0.3 is 15.4 Å². The summed E-state index contributed by atoms with van der Waals surface area (Å²) in [6, 6.07) is 13.9. The highest BCUT2D eigenvalue weighted by Gasteiger charge is 2.17. The molecule has 12 nitrogen and oxygen atoms in total. The molecule has 3 aromatic carbocycles. The van der Waals surface area contributed by atoms with Crippen LogP contribution >= 0.6 is 11.6 Å². The highest BCUT2D eigenvalue weighted by molar-refractivity contribution is 6.31. The number of nitrogens with one attached hydrogen (secondary N) is 3. The second kappa shape index (κ2) is 11.3. The van der Waals surface area contributed by atoms with Crippen LogP contribution in [0.15, 0.2) is 67.1 Å². The number of anilines is 2. The van der Waals surface area contributed by atoms with E-state index in [9.17, 15) is 14.0 Å². The minimum Gasteiger partial charge on any atom is -0.494 e. The molecule has 0 unspecified atom stereocenters. The molecule has 0 saturated heterocycles. The molecule has 0 saturated carbocycles. The van der Waals surface area contributed by atoms with Crippen molar-refractivity contribution in [2.75, 3.05) is 12.4 Å². The van der Waals surface area contributed by atoms with Crippen LogP contribution in [0.1, 0.15) is 26.4 Å². The second-order valence-electron chi connectivity index (χ2n) is 8.36. The van der Waals surface area contributed by atoms with Crippen molar-refractivity contribution in [3.8, 4) is 11.4 Å². The zero-order valence-electron chi connectivity index (χ0n) is 20.7. The van der Waals surface area contributed by atoms with Crippen molar-refractivity contribution < 1.29 is 23.9 Å². The molecule has 0 fully saturated rings. The van der Waals surface area contributed by atoms with Crippen molar-refractivity contribution >= 4 is 45.8 Å². The third-order valence-electron chi connectivity index (χ3n) is 5.83. The first-order valence-electron chi connectivity index (χ1n) is 11.7. The molecular formula is C26H20ClFN8O4. The Kier molecular flexibility index (Phi) is 7.48. The van der Waals surface area contributed by atoms with E-state index in [4.69, 9.17) is 21.5 Å². The number of hydroxylamine groups is 1. The molecule has 0 bridgehead atoms. The maximum absolute atomic E-state index is 13.6. The van der Waals surface area contributed by atoms with Gasteiger partial charge in [-0.25, -0.2) is 19.8 Å². The van der Waals surface area contributed by atoms with Crippen molar-refractivity contribution in [1.29, 1.82) is 0 Å². The van der Waals surface area contributed by atoms with Gasteiger partial charge in [0.1, 0.15) is 29.4 Å². The van der Waals surface area contributed by atoms with E-state index in [1.807, 2.05) is 0 Å². The van der Waals surface area contributed by atoms with Crippen LogP contribution in [-0.2, 0) is 6.54 Å². The van der Waals surface area contributed by atoms with Gasteiger partial charge in [-0.3, -0.25) is 14.8 Å². The Hall–Kier alpha value is -5.14. The molecule has 40 heavy (non-hydrogen) atoms. The van der Waals surface area contributed by atoms with Crippen LogP contribution in [0.3, 0.4) is 0 Å². The van der Waals surface area contributed by atoms with E-state index in [2.05, 4.69) is 30.8 Å². The first kappa shape index (κ1) is 26.5. The number of hydrogen-bond acceptors (Lipinski definition) is 9. The summed E-state index contributed by atoms with van der Waals surface area (Å²) in [4.78, 5) is 34.0. The van der Waals surface area contributed by atoms with E-state index in [1.54, 1.807) is 29.7 Å². The second-order valence-corrected chi connectivity index (χ2v) is 8.76. The Bertz CT molecular complexity index is 1730. The molecule has 0 aliphatic heterocycles. The molecule has 14 heteroatoms. The lowest BCUT2D eigenvalue weighted by atomic mass is 10.1. The molecule has 2 heterocycles. The molecule has 0 radical (unpaired) electrons. The van der Waals surface area contributed by atoms with Crippen LogP contribution in [0.25, 0.3) is 16.6 Å². The molecule has 202 valence electrons. The van der Waals surface area contributed by atoms with Gasteiger partial charge in [0.2, 0.25) is 0 Å². The topological polar surface area (TPSA) is 156 Å². The summed E-state index contributed by atoms with van der Waals surface area (Å²) in [5.41, 5.74) is 4.11. The minimum atomic E-state index is -0.634. The largest absolute Gasteiger partial charge is 0.494 e. The number of benzene rings is 3. The molecular weight excluding hydrogens is 543 g/mol. The summed E-state index contributed by atoms with van der Waals surface area (Å²) in [6.45, 7) is 0.172. The molecule has 0 aliphatic carbocycles. The van der Waals surface area contributed by atoms with Crippen molar-refractivity contribution in [2.24, 2.45) is 0 Å². The number of rotatable bonds is 8. The lowest BCUT2D eigenvalue weighted by molar-refractivity contribution is 0.0706. The smallest absolute Gasteiger partial charge is 0.274 e. The zero-order chi connectivity index (χ0) is 28.2. The summed E-state index contributed by atoms with van der Waals surface area (Å²) in [6.07, 6.45) is 2.69. The highest BCUT2D eigenvalue weighted by atomic mass is 35.5. The van der Waals surface area contributed by atoms with E-state index in [0.29, 0.717) is 33.8 Å². The van der Waals surface area contributed by atoms with Gasteiger partial charge in [0.05, 0.1) is 23.8 Å². The van der Waals surface area contributed by atoms with E-state index >= 15 is 0 Å². The summed E-state index contributed by atoms with van der Waals surface area (Å²) in [5.74, 6) is -0.824. The number of carbonyl (C=O) groups is 2. The number of hydrogen-bond donors (Lipinski definition) is 4. The fourth-order valence-electron chi connectivity index (χ4n) is 3.80. The van der Waals surface area contributed by atoms with Gasteiger partial charge in [0.25, 0.3) is 11.8 Å². The number of halogens is 2. The number of amides is 2. The van der Waals surface area contributed by atoms with Crippen LogP contribution in [0.4, 0.5) is 15.9 Å². The number of ether oxygens (including phenoxy) is 1. The lowest BCUT2D eigenvalue weighted by Gasteiger charge is -2.12. The highest BCUT2D eigenvalue weighted by Crippen LogP contribution is 2.32. The third kappa shape index (κ3) is 5.50. The van der Waals surface area contributed by atoms with Crippen LogP contribution < -0.4 is 20.9 Å². The normalized spacial score (nSPS) is 10.8. The van der Waals surface area contributed by atoms with Gasteiger partial charge in [-0.05, 0) is 42.0 Å². The fourth-order valence-corrected chi connectivity index (χ4v) is 3.98. The predicted octanol–water partition coefficient (Wildman–Crippen LogP) is 3.80. The molecule has 5 rings (SSSR count). The first-order chi connectivity index (χ1) is 19.4. The predicted molar refractivity (Wildman–Crippen MR) is 143 cm³/mol. The summed E-state index contributed by atoms with van der Waals surface area (Å²) < 4.78 is 19.1. The molecule has 5 aromatic rings. The van der Waals surface area contributed by atoms with Crippen LogP contribution in [-0.4, -0.2) is 49.1 Å². The molecule has 2 aromatic heterocycles. The van der Waals surface area contributed by atoms with Crippen LogP contribution in [0, 0.1) is 5.82 Å². The van der Waals surface area contributed by atoms with Crippen LogP contribution in [0.5, 0.6) is 5.75 Å². The third-order valence-corrected chi connectivity index (χ3v) is 6.12. The average molecular weight is 563 g/mol. The standard InChI is InChI=1S/C26H20ClFN8O4/c1-40-23-10-20-17(24(31-13-30-20)33-16-6-7-19(28)18(27)8-16)9-22(23)36-32-12-21(34-36)26(38)29-11-14-2-4-15(5-3-14)25(37)35-39/h2-10,12-13,39H,11H2,1H3,(H,29,38)(H,35,37)(H,30,31,33). The fraction of sp³-hybridized carbons (Fsp3) is 0.0769. The Balaban J connectivity index is 1.38. The minimum absolute atomic E-state index is 0.0385. The van der Waals surface area contributed by atoms with Crippen molar-refractivity contribution in [2.45, 2.75) is 6.54 Å². The number of aromatic nitrogens is 5. The van der Waals surface area contributed by atoms with Gasteiger partial charge in [0, 0.05) is 29.2 Å². The quantitative estimate of drug-likeness (QED) is 0.163. The van der Waals surface area contributed by atoms with Gasteiger partial charge in [0.15, 0.2) is 5.69 Å².